The molecule has 7 heterocycles. The first-order valence-corrected chi connectivity index (χ1v) is 31.9. The highest BCUT2D eigenvalue weighted by Crippen LogP contribution is 2.50. The topological polar surface area (TPSA) is 544 Å². The third-order valence-corrected chi connectivity index (χ3v) is 18.1. The molecule has 5 aromatic carbocycles. The molecule has 11 bridgehead atoms. The number of ether oxygens (including phenoxy) is 6. The van der Waals surface area contributed by atoms with Crippen LogP contribution in [0.15, 0.2) is 78.9 Å². The number of carbonyl (C=O) groups excluding carboxylic acids is 7. The molecule has 5 aromatic rings. The van der Waals surface area contributed by atoms with E-state index in [0.717, 1.165) is 66.7 Å². The van der Waals surface area contributed by atoms with Crippen LogP contribution in [0, 0.1) is 5.92 Å². The minimum absolute atomic E-state index is 0.0742. The van der Waals surface area contributed by atoms with Crippen LogP contribution in [-0.4, -0.2) is 184 Å². The van der Waals surface area contributed by atoms with Gasteiger partial charge in [-0.25, -0.2) is 4.79 Å². The molecule has 0 saturated carbocycles. The Morgan fingerprint density at radius 3 is 1.90 bits per heavy atom. The molecule has 0 aliphatic carbocycles. The lowest BCUT2D eigenvalue weighted by Gasteiger charge is -2.47. The molecule has 35 heteroatoms. The number of hydrogen-bond acceptors (Lipinski definition) is 25. The molecule has 7 aliphatic rings. The van der Waals surface area contributed by atoms with Gasteiger partial charge in [-0.05, 0) is 103 Å². The van der Waals surface area contributed by atoms with Gasteiger partial charge in [0.1, 0.15) is 89.5 Å². The van der Waals surface area contributed by atoms with Crippen molar-refractivity contribution in [2.24, 2.45) is 23.1 Å². The number of rotatable bonds is 12. The van der Waals surface area contributed by atoms with E-state index < -0.39 is 237 Å². The Kier molecular flexibility index (Phi) is 21.7. The van der Waals surface area contributed by atoms with Crippen LogP contribution in [0.3, 0.4) is 0 Å². The molecule has 12 rings (SSSR count). The number of aromatic hydroxyl groups is 3. The second-order valence-electron chi connectivity index (χ2n) is 25.5. The number of aliphatic carboxylic acids is 1. The van der Waals surface area contributed by atoms with Crippen molar-refractivity contribution in [3.63, 3.8) is 0 Å². The number of fused-ring (bicyclic) bond motifs is 15. The van der Waals surface area contributed by atoms with Crippen LogP contribution in [0.2, 0.25) is 10.0 Å². The van der Waals surface area contributed by atoms with Gasteiger partial charge in [-0.1, -0.05) is 55.2 Å². The van der Waals surface area contributed by atoms with E-state index in [1.54, 1.807) is 13.8 Å². The molecule has 0 spiro atoms. The minimum Gasteiger partial charge on any atom is -0.508 e. The van der Waals surface area contributed by atoms with Crippen LogP contribution in [0.5, 0.6) is 46.0 Å². The highest BCUT2D eigenvalue weighted by atomic mass is 35.5. The van der Waals surface area contributed by atoms with Crippen molar-refractivity contribution in [1.29, 1.82) is 0 Å². The lowest BCUT2D eigenvalue weighted by molar-refractivity contribution is -0.333. The quantitative estimate of drug-likeness (QED) is 0.0772. The van der Waals surface area contributed by atoms with Crippen LogP contribution in [0.4, 0.5) is 0 Å². The zero-order valence-corrected chi connectivity index (χ0v) is 54.9. The third kappa shape index (κ3) is 15.4. The molecular formula is C65H73Cl2N9O24. The number of phenols is 3. The van der Waals surface area contributed by atoms with Gasteiger partial charge in [-0.3, -0.25) is 33.6 Å². The standard InChI is InChI=1S/C65H73Cl2N9O24/c1-22(2)11-33(68)57(87)75-48-50(82)25-6-9-37(31(66)13-25)96-39-15-27-16-40(54(39)100-64-55(53(85)52(84)41(21-77)98-64)99-43-20-65(4,70)56(86)23(3)95-43)97-38-10-7-26(14-32(38)67)51(83)49-62(92)74-47(63(93)94)30-17-28(78)18-36(80)44(30)29-12-24(5-8-35(29)79)45(59(89)76-49)73-60(90)46(27)72-58(88)34(19-42(69)81)71-61(48)91/h5-10,12-18,22-23,33-34,41,43,45-53,55-56,64,77-80,82-86H,11,19-21,68,70H2,1-4H3,(H2,69,81)(H,71,91)(H,72,88)(H,73,90)(H,74,92)(H,75,87)(H,76,89)(H,93,94)/t23-,33-,34-,41+,43-,45?,46+,47-,48+,49-,50+,51+,52+,53-,55?,56+,64?,65-/m0/s1. The molecule has 536 valence electrons. The van der Waals surface area contributed by atoms with Gasteiger partial charge < -0.3 is 129 Å². The van der Waals surface area contributed by atoms with Gasteiger partial charge >= 0.3 is 5.97 Å². The zero-order valence-electron chi connectivity index (χ0n) is 53.4. The Morgan fingerprint density at radius 2 is 1.31 bits per heavy atom. The summed E-state index contributed by atoms with van der Waals surface area (Å²) in [6.45, 7) is 5.53. The van der Waals surface area contributed by atoms with E-state index in [1.165, 1.54) is 26.0 Å². The number of hydrogen-bond donors (Lipinski definition) is 19. The van der Waals surface area contributed by atoms with Crippen molar-refractivity contribution in [2.45, 2.75) is 156 Å². The number of carbonyl (C=O) groups is 8. The van der Waals surface area contributed by atoms with Crippen LogP contribution >= 0.6 is 23.2 Å². The summed E-state index contributed by atoms with van der Waals surface area (Å²) in [6.07, 6.45) is -18.8. The van der Waals surface area contributed by atoms with Crippen LogP contribution in [0.25, 0.3) is 11.1 Å². The van der Waals surface area contributed by atoms with E-state index >= 15 is 14.4 Å². The molecule has 7 aliphatic heterocycles. The molecule has 2 fully saturated rings. The highest BCUT2D eigenvalue weighted by molar-refractivity contribution is 6.32. The summed E-state index contributed by atoms with van der Waals surface area (Å²) in [5, 5.41) is 127. The fourth-order valence-corrected chi connectivity index (χ4v) is 12.7. The lowest BCUT2D eigenvalue weighted by Crippen LogP contribution is -2.64. The highest BCUT2D eigenvalue weighted by Gasteiger charge is 2.51. The maximum atomic E-state index is 16.0. The van der Waals surface area contributed by atoms with Gasteiger partial charge in [0.05, 0.1) is 41.3 Å². The average molecular weight is 1440 g/mol. The summed E-state index contributed by atoms with van der Waals surface area (Å²) in [7, 11) is 0. The molecule has 100 heavy (non-hydrogen) atoms. The first kappa shape index (κ1) is 73.5. The lowest BCUT2D eigenvalue weighted by atomic mass is 9.86. The molecule has 7 amide bonds. The van der Waals surface area contributed by atoms with Crippen molar-refractivity contribution in [3.8, 4) is 57.1 Å². The van der Waals surface area contributed by atoms with Crippen molar-refractivity contribution >= 4 is 70.5 Å². The molecule has 33 nitrogen and oxygen atoms in total. The van der Waals surface area contributed by atoms with Crippen LogP contribution in [0.1, 0.15) is 105 Å². The van der Waals surface area contributed by atoms with Gasteiger partial charge in [-0.15, -0.1) is 0 Å². The SMILES string of the molecule is CC(C)C[C@H](N)C(=O)N[C@H]1C(=O)N[C@@H](CC(N)=O)C(=O)N[C@H]2C(=O)NC3C(=O)N[C@H](C(=O)N[C@H](C(=O)O)c4cc(O)cc(O)c4-c4cc3ccc4O)[C@H](O)c3ccc(c(Cl)c3)Oc3cc2cc(c3OC2O[C@H](CO)[C@@H](O)[C@H](O)C2O[C@H]2C[C@](C)(N)[C@H](O)[C@H](C)O2)Oc2ccc(cc2Cl)[C@H]1O. The summed E-state index contributed by atoms with van der Waals surface area (Å²) >= 11 is 14.1. The Bertz CT molecular complexity index is 4060. The Hall–Kier alpha value is -9.20. The van der Waals surface area contributed by atoms with Gasteiger partial charge in [0.2, 0.25) is 53.4 Å². The molecule has 18 atom stereocenters. The van der Waals surface area contributed by atoms with E-state index in [9.17, 15) is 75.0 Å². The number of halogens is 2. The number of phenolic OH excluding ortho intramolecular Hbond substituents is 3. The number of aliphatic hydroxyl groups excluding tert-OH is 6. The van der Waals surface area contributed by atoms with E-state index in [2.05, 4.69) is 31.9 Å². The number of amides is 7. The number of primary amides is 1. The molecule has 0 radical (unpaired) electrons. The zero-order chi connectivity index (χ0) is 72.8. The molecule has 3 unspecified atom stereocenters. The molecule has 2 saturated heterocycles. The van der Waals surface area contributed by atoms with Crippen LogP contribution in [-0.2, 0) is 52.6 Å². The Morgan fingerprint density at radius 1 is 0.710 bits per heavy atom. The fourth-order valence-electron chi connectivity index (χ4n) is 12.3. The minimum atomic E-state index is -2.35. The maximum absolute atomic E-state index is 16.0. The van der Waals surface area contributed by atoms with Crippen molar-refractivity contribution in [1.82, 2.24) is 31.9 Å². The van der Waals surface area contributed by atoms with E-state index in [1.807, 2.05) is 0 Å². The number of carboxylic acid groups (broad SMARTS) is 1. The average Bonchev–Trinajstić information content (AvgIpc) is 0.768. The van der Waals surface area contributed by atoms with E-state index in [-0.39, 0.29) is 46.2 Å². The predicted molar refractivity (Wildman–Crippen MR) is 344 cm³/mol. The summed E-state index contributed by atoms with van der Waals surface area (Å²) in [5.74, 6) is -16.3. The van der Waals surface area contributed by atoms with Gasteiger partial charge in [0, 0.05) is 34.7 Å². The summed E-state index contributed by atoms with van der Waals surface area (Å²) in [6, 6.07) is -1.18. The fraction of sp³-hybridized carbons (Fsp3) is 0.415. The number of benzene rings is 5. The van der Waals surface area contributed by atoms with E-state index in [4.69, 9.17) is 68.8 Å². The summed E-state index contributed by atoms with van der Waals surface area (Å²) in [5.41, 5.74) is 14.1. The summed E-state index contributed by atoms with van der Waals surface area (Å²) < 4.78 is 38.2. The van der Waals surface area contributed by atoms with Crippen LogP contribution < -0.4 is 63.3 Å². The van der Waals surface area contributed by atoms with Crippen molar-refractivity contribution in [2.75, 3.05) is 6.61 Å². The second kappa shape index (κ2) is 29.6. The normalized spacial score (nSPS) is 29.6. The number of aliphatic hydroxyl groups is 6. The predicted octanol–water partition coefficient (Wildman–Crippen LogP) is -0.154. The van der Waals surface area contributed by atoms with Crippen molar-refractivity contribution < 1.29 is 118 Å². The second-order valence-corrected chi connectivity index (χ2v) is 26.3. The first-order chi connectivity index (χ1) is 47.1. The van der Waals surface area contributed by atoms with E-state index in [0.29, 0.717) is 0 Å². The monoisotopic (exact) mass is 1430 g/mol. The number of nitrogens with two attached hydrogens (primary N) is 3. The number of carboxylic acids is 1. The maximum Gasteiger partial charge on any atom is 0.330 e. The molecule has 22 N–H and O–H groups in total. The Balaban J connectivity index is 1.24. The van der Waals surface area contributed by atoms with Gasteiger partial charge in [0.25, 0.3) is 0 Å². The smallest absolute Gasteiger partial charge is 0.330 e. The van der Waals surface area contributed by atoms with Crippen molar-refractivity contribution in [3.05, 3.63) is 117 Å². The first-order valence-electron chi connectivity index (χ1n) is 31.2. The van der Waals surface area contributed by atoms with Gasteiger partial charge in [0.15, 0.2) is 29.9 Å². The third-order valence-electron chi connectivity index (χ3n) is 17.5. The van der Waals surface area contributed by atoms with Gasteiger partial charge in [-0.2, -0.15) is 0 Å². The Labute approximate surface area is 577 Å². The molecular weight excluding hydrogens is 1360 g/mol. The summed E-state index contributed by atoms with van der Waals surface area (Å²) in [4.78, 5) is 116. The number of nitrogens with one attached hydrogen (secondary N) is 6. The molecule has 0 aromatic heterocycles. The largest absolute Gasteiger partial charge is 0.508 e.